The van der Waals surface area contributed by atoms with E-state index in [0.717, 1.165) is 0 Å². The van der Waals surface area contributed by atoms with Crippen LogP contribution in [0.15, 0.2) is 29.4 Å². The van der Waals surface area contributed by atoms with Gasteiger partial charge in [-0.1, -0.05) is 41.0 Å². The highest BCUT2D eigenvalue weighted by molar-refractivity contribution is 6.32. The minimum Gasteiger partial charge on any atom is -0.205 e. The largest absolute Gasteiger partial charge is 0.205 e. The Morgan fingerprint density at radius 1 is 1.53 bits per heavy atom. The van der Waals surface area contributed by atoms with Gasteiger partial charge in [-0.15, -0.1) is 0 Å². The lowest BCUT2D eigenvalue weighted by atomic mass is 10.2. The van der Waals surface area contributed by atoms with Crippen LogP contribution in [0.4, 0.5) is 4.39 Å². The molecule has 0 aromatic heterocycles. The average Bonchev–Trinajstić information content (AvgIpc) is 2.24. The molecule has 0 atom stereocenters. The maximum Gasteiger partial charge on any atom is 0.142 e. The van der Waals surface area contributed by atoms with Crippen LogP contribution >= 0.6 is 11.6 Å². The number of hydrogen-bond donors (Lipinski definition) is 0. The van der Waals surface area contributed by atoms with E-state index in [0.29, 0.717) is 18.5 Å². The summed E-state index contributed by atoms with van der Waals surface area (Å²) in [5.74, 6) is -0.436. The monoisotopic (exact) mass is 225 g/mol. The van der Waals surface area contributed by atoms with Gasteiger partial charge in [0.05, 0.1) is 5.02 Å². The van der Waals surface area contributed by atoms with Gasteiger partial charge in [0, 0.05) is 11.5 Å². The number of halogens is 2. The van der Waals surface area contributed by atoms with Crippen molar-refractivity contribution in [2.75, 3.05) is 6.54 Å². The Labute approximate surface area is 91.8 Å². The van der Waals surface area contributed by atoms with E-state index < -0.39 is 5.82 Å². The van der Waals surface area contributed by atoms with Gasteiger partial charge >= 0.3 is 0 Å². The van der Waals surface area contributed by atoms with Gasteiger partial charge in [-0.2, -0.15) is 0 Å². The van der Waals surface area contributed by atoms with Crippen LogP contribution < -0.4 is 0 Å². The summed E-state index contributed by atoms with van der Waals surface area (Å²) in [6.45, 7) is 0.389. The molecule has 5 heteroatoms. The molecule has 0 saturated heterocycles. The number of rotatable bonds is 4. The third-order valence-electron chi connectivity index (χ3n) is 1.74. The topological polar surface area (TPSA) is 48.8 Å². The van der Waals surface area contributed by atoms with Crippen molar-refractivity contribution in [1.29, 1.82) is 0 Å². The van der Waals surface area contributed by atoms with E-state index in [1.807, 2.05) is 0 Å². The van der Waals surface area contributed by atoms with E-state index in [2.05, 4.69) is 10.0 Å². The number of nitrogens with zero attached hydrogens (tertiary/aromatic N) is 3. The normalized spacial score (nSPS) is 10.3. The molecule has 3 nitrogen and oxygen atoms in total. The zero-order valence-corrected chi connectivity index (χ0v) is 8.65. The van der Waals surface area contributed by atoms with Crippen molar-refractivity contribution < 1.29 is 4.39 Å². The third-order valence-corrected chi connectivity index (χ3v) is 2.14. The molecular weight excluding hydrogens is 217 g/mol. The Bertz CT molecular complexity index is 411. The number of benzene rings is 1. The van der Waals surface area contributed by atoms with E-state index in [1.165, 1.54) is 6.07 Å². The molecule has 0 saturated carbocycles. The summed E-state index contributed by atoms with van der Waals surface area (Å²) in [5, 5.41) is 3.47. The lowest BCUT2D eigenvalue weighted by Gasteiger charge is -1.98. The van der Waals surface area contributed by atoms with Crippen LogP contribution in [0, 0.1) is 5.82 Å². The molecule has 1 rings (SSSR count). The molecule has 0 amide bonds. The van der Waals surface area contributed by atoms with Gasteiger partial charge in [0.1, 0.15) is 5.82 Å². The fraction of sp³-hybridized carbons (Fsp3) is 0.200. The van der Waals surface area contributed by atoms with E-state index in [-0.39, 0.29) is 5.02 Å². The molecular formula is C10H9ClFN3. The summed E-state index contributed by atoms with van der Waals surface area (Å²) in [4.78, 5) is 2.62. The predicted molar refractivity (Wildman–Crippen MR) is 59.1 cm³/mol. The van der Waals surface area contributed by atoms with Crippen molar-refractivity contribution in [2.24, 2.45) is 5.11 Å². The molecule has 15 heavy (non-hydrogen) atoms. The first-order chi connectivity index (χ1) is 7.25. The molecule has 1 aromatic carbocycles. The molecule has 0 aliphatic heterocycles. The fourth-order valence-electron chi connectivity index (χ4n) is 1.04. The Morgan fingerprint density at radius 2 is 2.33 bits per heavy atom. The maximum absolute atomic E-state index is 13.0. The van der Waals surface area contributed by atoms with E-state index in [1.54, 1.807) is 24.3 Å². The van der Waals surface area contributed by atoms with Crippen LogP contribution in [0.25, 0.3) is 16.5 Å². The minimum absolute atomic E-state index is 0.109. The van der Waals surface area contributed by atoms with Crippen molar-refractivity contribution >= 4 is 17.7 Å². The maximum atomic E-state index is 13.0. The number of azide groups is 1. The van der Waals surface area contributed by atoms with Gasteiger partial charge < -0.3 is 0 Å². The molecule has 0 spiro atoms. The van der Waals surface area contributed by atoms with Gasteiger partial charge in [-0.3, -0.25) is 0 Å². The minimum atomic E-state index is -0.436. The van der Waals surface area contributed by atoms with Crippen molar-refractivity contribution in [3.05, 3.63) is 51.1 Å². The van der Waals surface area contributed by atoms with Crippen molar-refractivity contribution in [3.63, 3.8) is 0 Å². The van der Waals surface area contributed by atoms with Crippen molar-refractivity contribution in [2.45, 2.75) is 6.42 Å². The summed E-state index contributed by atoms with van der Waals surface area (Å²) in [7, 11) is 0. The summed E-state index contributed by atoms with van der Waals surface area (Å²) >= 11 is 5.73. The van der Waals surface area contributed by atoms with E-state index >= 15 is 0 Å². The van der Waals surface area contributed by atoms with Crippen molar-refractivity contribution in [1.82, 2.24) is 0 Å². The van der Waals surface area contributed by atoms with Gasteiger partial charge in [-0.25, -0.2) is 4.39 Å². The molecule has 0 aliphatic carbocycles. The Hall–Kier alpha value is -1.51. The third kappa shape index (κ3) is 3.62. The second-order valence-corrected chi connectivity index (χ2v) is 3.17. The molecule has 0 N–H and O–H groups in total. The summed E-state index contributed by atoms with van der Waals surface area (Å²) in [6.07, 6.45) is 4.10. The molecule has 0 aliphatic rings. The smallest absolute Gasteiger partial charge is 0.142 e. The standard InChI is InChI=1S/C10H9ClFN3/c11-10-8(5-3-6-9(10)12)4-1-2-7-14-15-13/h1,3-6H,2,7H2. The predicted octanol–water partition coefficient (Wildman–Crippen LogP) is 4.19. The molecule has 0 unspecified atom stereocenters. The molecule has 78 valence electrons. The summed E-state index contributed by atoms with van der Waals surface area (Å²) in [5.41, 5.74) is 8.65. The lowest BCUT2D eigenvalue weighted by Crippen LogP contribution is -1.81. The Morgan fingerprint density at radius 3 is 3.07 bits per heavy atom. The van der Waals surface area contributed by atoms with Crippen LogP contribution in [-0.2, 0) is 0 Å². The fourth-order valence-corrected chi connectivity index (χ4v) is 1.23. The average molecular weight is 226 g/mol. The number of hydrogen-bond acceptors (Lipinski definition) is 1. The SMILES string of the molecule is [N-]=[N+]=NCCC=Cc1cccc(F)c1Cl. The summed E-state index contributed by atoms with van der Waals surface area (Å²) < 4.78 is 13.0. The first-order valence-corrected chi connectivity index (χ1v) is 4.75. The molecule has 0 fully saturated rings. The lowest BCUT2D eigenvalue weighted by molar-refractivity contribution is 0.628. The van der Waals surface area contributed by atoms with Gasteiger partial charge in [0.25, 0.3) is 0 Å². The van der Waals surface area contributed by atoms with Crippen LogP contribution in [0.2, 0.25) is 5.02 Å². The zero-order chi connectivity index (χ0) is 11.1. The molecule has 0 radical (unpaired) electrons. The molecule has 0 bridgehead atoms. The van der Waals surface area contributed by atoms with Crippen molar-refractivity contribution in [3.8, 4) is 0 Å². The summed E-state index contributed by atoms with van der Waals surface area (Å²) in [6, 6.07) is 4.61. The highest BCUT2D eigenvalue weighted by Crippen LogP contribution is 2.20. The highest BCUT2D eigenvalue weighted by atomic mass is 35.5. The van der Waals surface area contributed by atoms with Crippen LogP contribution in [0.3, 0.4) is 0 Å². The van der Waals surface area contributed by atoms with E-state index in [9.17, 15) is 4.39 Å². The zero-order valence-electron chi connectivity index (χ0n) is 7.90. The molecule has 1 aromatic rings. The van der Waals surface area contributed by atoms with Crippen LogP contribution in [0.1, 0.15) is 12.0 Å². The van der Waals surface area contributed by atoms with Gasteiger partial charge in [0.2, 0.25) is 0 Å². The highest BCUT2D eigenvalue weighted by Gasteiger charge is 2.01. The first kappa shape index (κ1) is 11.6. The first-order valence-electron chi connectivity index (χ1n) is 4.37. The Balaban J connectivity index is 2.64. The van der Waals surface area contributed by atoms with Crippen LogP contribution in [0.5, 0.6) is 0 Å². The van der Waals surface area contributed by atoms with Crippen LogP contribution in [-0.4, -0.2) is 6.54 Å². The second kappa shape index (κ2) is 6.06. The van der Waals surface area contributed by atoms with Gasteiger partial charge in [0.15, 0.2) is 0 Å². The molecule has 0 heterocycles. The Kier molecular flexibility index (Phi) is 4.68. The van der Waals surface area contributed by atoms with E-state index in [4.69, 9.17) is 17.1 Å². The quantitative estimate of drug-likeness (QED) is 0.319. The van der Waals surface area contributed by atoms with Gasteiger partial charge in [-0.05, 0) is 23.6 Å². The second-order valence-electron chi connectivity index (χ2n) is 2.79.